The molecule has 0 aromatic heterocycles. The Morgan fingerprint density at radius 1 is 0.732 bits per heavy atom. The number of Topliss-reactive ketones (excluding diaryl/α,β-unsaturated/α-hetero) is 1. The van der Waals surface area contributed by atoms with E-state index >= 15 is 0 Å². The van der Waals surface area contributed by atoms with Crippen molar-refractivity contribution in [1.29, 1.82) is 0 Å². The Bertz CT molecular complexity index is 1710. The molecule has 0 N–H and O–H groups in total. The van der Waals surface area contributed by atoms with Crippen LogP contribution in [-0.2, 0) is 20.7 Å². The Morgan fingerprint density at radius 2 is 1.23 bits per heavy atom. The third-order valence-electron chi connectivity index (χ3n) is 12.0. The molecule has 3 amide bonds. The first-order valence-corrected chi connectivity index (χ1v) is 23.1. The maximum Gasteiger partial charge on any atom is 0.254 e. The predicted octanol–water partition coefficient (Wildman–Crippen LogP) is 10.2. The van der Waals surface area contributed by atoms with E-state index in [1.807, 2.05) is 44.7 Å². The van der Waals surface area contributed by atoms with Crippen LogP contribution in [0.5, 0.6) is 0 Å². The van der Waals surface area contributed by atoms with E-state index in [4.69, 9.17) is 4.74 Å². The topological polar surface area (TPSA) is 87.2 Å². The molecule has 10 heteroatoms. The van der Waals surface area contributed by atoms with Crippen LogP contribution in [0.1, 0.15) is 156 Å². The average Bonchev–Trinajstić information content (AvgIpc) is 3.16. The van der Waals surface area contributed by atoms with Crippen LogP contribution < -0.4 is 4.90 Å². The number of unbranched alkanes of at least 4 members (excludes halogenated alkanes) is 1. The summed E-state index contributed by atoms with van der Waals surface area (Å²) in [4.78, 5) is 60.5. The third-order valence-corrected chi connectivity index (χ3v) is 14.4. The normalized spacial score (nSPS) is 20.4. The van der Waals surface area contributed by atoms with E-state index in [2.05, 4.69) is 49.6 Å². The van der Waals surface area contributed by atoms with Crippen molar-refractivity contribution < 1.29 is 23.9 Å². The van der Waals surface area contributed by atoms with Gasteiger partial charge in [0.15, 0.2) is 0 Å². The summed E-state index contributed by atoms with van der Waals surface area (Å²) in [6.07, 6.45) is 14.0. The van der Waals surface area contributed by atoms with Gasteiger partial charge in [-0.1, -0.05) is 38.5 Å². The lowest BCUT2D eigenvalue weighted by Gasteiger charge is -2.38. The summed E-state index contributed by atoms with van der Waals surface area (Å²) in [5.74, 6) is 0.633. The largest absolute Gasteiger partial charge is 0.385 e. The Hall–Kier alpha value is -2.82. The van der Waals surface area contributed by atoms with Gasteiger partial charge in [0.1, 0.15) is 5.78 Å². The molecule has 0 radical (unpaired) electrons. The van der Waals surface area contributed by atoms with Gasteiger partial charge in [0.25, 0.3) is 11.8 Å². The molecular weight excluding hydrogens is 739 g/mol. The minimum absolute atomic E-state index is 0.0165. The number of thioether (sulfide) groups is 2. The molecular formula is C46H67N3O5S2. The highest BCUT2D eigenvalue weighted by molar-refractivity contribution is 8.01. The first-order valence-electron chi connectivity index (χ1n) is 21.3. The van der Waals surface area contributed by atoms with Gasteiger partial charge in [0.2, 0.25) is 5.91 Å². The molecule has 2 saturated carbocycles. The molecule has 0 bridgehead atoms. The van der Waals surface area contributed by atoms with Crippen molar-refractivity contribution >= 4 is 52.7 Å². The molecule has 2 aliphatic carbocycles. The number of carbonyl (C=O) groups is 4. The smallest absolute Gasteiger partial charge is 0.254 e. The summed E-state index contributed by atoms with van der Waals surface area (Å²) in [6, 6.07) is 9.22. The van der Waals surface area contributed by atoms with Crippen LogP contribution >= 0.6 is 23.5 Å². The highest BCUT2D eigenvalue weighted by Crippen LogP contribution is 2.42. The number of benzene rings is 2. The van der Waals surface area contributed by atoms with Crippen molar-refractivity contribution in [2.45, 2.75) is 183 Å². The number of aryl methyl sites for hydroxylation is 2. The molecule has 2 heterocycles. The van der Waals surface area contributed by atoms with Gasteiger partial charge >= 0.3 is 0 Å². The van der Waals surface area contributed by atoms with Crippen LogP contribution in [-0.4, -0.2) is 88.2 Å². The van der Waals surface area contributed by atoms with Gasteiger partial charge in [-0.05, 0) is 135 Å². The molecule has 2 aromatic carbocycles. The van der Waals surface area contributed by atoms with E-state index in [0.29, 0.717) is 31.7 Å². The fourth-order valence-electron chi connectivity index (χ4n) is 8.96. The summed E-state index contributed by atoms with van der Waals surface area (Å²) in [6.45, 7) is 17.8. The Balaban J connectivity index is 0.000000219. The Kier molecular flexibility index (Phi) is 16.0. The fraction of sp³-hybridized carbons (Fsp3) is 0.652. The van der Waals surface area contributed by atoms with E-state index in [9.17, 15) is 19.2 Å². The van der Waals surface area contributed by atoms with Crippen molar-refractivity contribution in [3.63, 3.8) is 0 Å². The first-order chi connectivity index (χ1) is 26.7. The summed E-state index contributed by atoms with van der Waals surface area (Å²) in [5.41, 5.74) is 5.46. The first kappa shape index (κ1) is 44.3. The minimum atomic E-state index is -0.106. The standard InChI is InChI=1S/C25H38N2O3S.C21H29NO2S/c1-17(2)27(20-11-7-6-8-12-20)25(29)21-16-22-23(15-18(21)3)31-19(4)24(28)26(22)13-9-10-14-30-5;1-13(2)22(17-8-6-5-7-9-17)21(24)18-11-16-12-19(23)15(4)25-20(16)10-14(18)3/h15-17,19-20H,6-14H2,1-5H3;10-11,13,15,17H,5-9,12H2,1-4H3. The molecule has 2 unspecified atom stereocenters. The number of nitrogens with zero attached hydrogens (tertiary/aromatic N) is 3. The zero-order chi connectivity index (χ0) is 40.7. The van der Waals surface area contributed by atoms with Gasteiger partial charge in [-0.15, -0.1) is 23.5 Å². The second-order valence-corrected chi connectivity index (χ2v) is 19.7. The second-order valence-electron chi connectivity index (χ2n) is 17.0. The summed E-state index contributed by atoms with van der Waals surface area (Å²) >= 11 is 3.23. The number of rotatable bonds is 11. The maximum absolute atomic E-state index is 13.7. The second kappa shape index (κ2) is 20.2. The molecule has 2 aliphatic heterocycles. The predicted molar refractivity (Wildman–Crippen MR) is 232 cm³/mol. The lowest BCUT2D eigenvalue weighted by Crippen LogP contribution is -2.46. The van der Waals surface area contributed by atoms with Crippen LogP contribution in [0.3, 0.4) is 0 Å². The number of hydrogen-bond acceptors (Lipinski definition) is 7. The molecule has 4 aliphatic rings. The number of carbonyl (C=O) groups excluding carboxylic acids is 4. The van der Waals surface area contributed by atoms with Crippen molar-refractivity contribution in [2.75, 3.05) is 25.2 Å². The SMILES string of the molecule is COCCCCN1C(=O)C(C)Sc2cc(C)c(C(=O)N(C(C)C)C3CCCCC3)cc21.Cc1cc2c(cc1C(=O)N(C(C)C)C1CCCCC1)CC(=O)C(C)S2. The number of ketones is 1. The van der Waals surface area contributed by atoms with E-state index in [-0.39, 0.29) is 46.1 Å². The molecule has 2 fully saturated rings. The van der Waals surface area contributed by atoms with E-state index in [1.54, 1.807) is 30.6 Å². The van der Waals surface area contributed by atoms with E-state index in [1.165, 1.54) is 38.5 Å². The van der Waals surface area contributed by atoms with Crippen molar-refractivity contribution in [2.24, 2.45) is 0 Å². The molecule has 0 spiro atoms. The monoisotopic (exact) mass is 805 g/mol. The Labute approximate surface area is 345 Å². The molecule has 6 rings (SSSR count). The van der Waals surface area contributed by atoms with E-state index < -0.39 is 0 Å². The average molecular weight is 806 g/mol. The van der Waals surface area contributed by atoms with Gasteiger partial charge in [-0.25, -0.2) is 0 Å². The zero-order valence-corrected chi connectivity index (χ0v) is 37.2. The third kappa shape index (κ3) is 10.4. The fourth-order valence-corrected chi connectivity index (χ4v) is 11.2. The maximum atomic E-state index is 13.7. The van der Waals surface area contributed by atoms with Crippen LogP contribution in [0.2, 0.25) is 0 Å². The van der Waals surface area contributed by atoms with Crippen LogP contribution in [0.25, 0.3) is 0 Å². The molecule has 56 heavy (non-hydrogen) atoms. The summed E-state index contributed by atoms with van der Waals surface area (Å²) in [7, 11) is 1.70. The summed E-state index contributed by atoms with van der Waals surface area (Å²) in [5, 5.41) is -0.0897. The highest BCUT2D eigenvalue weighted by Gasteiger charge is 2.35. The van der Waals surface area contributed by atoms with Gasteiger partial charge < -0.3 is 19.4 Å². The van der Waals surface area contributed by atoms with Crippen LogP contribution in [0, 0.1) is 13.8 Å². The van der Waals surface area contributed by atoms with E-state index in [0.717, 1.165) is 81.8 Å². The molecule has 0 saturated heterocycles. The highest BCUT2D eigenvalue weighted by atomic mass is 32.2. The molecule has 8 nitrogen and oxygen atoms in total. The number of ether oxygens (including phenoxy) is 1. The quantitative estimate of drug-likeness (QED) is 0.209. The van der Waals surface area contributed by atoms with Crippen LogP contribution in [0.15, 0.2) is 34.1 Å². The molecule has 2 atom stereocenters. The van der Waals surface area contributed by atoms with Gasteiger partial charge in [-0.2, -0.15) is 0 Å². The van der Waals surface area contributed by atoms with Crippen molar-refractivity contribution in [3.8, 4) is 0 Å². The Morgan fingerprint density at radius 3 is 1.75 bits per heavy atom. The number of amides is 3. The molecule has 2 aromatic rings. The minimum Gasteiger partial charge on any atom is -0.385 e. The van der Waals surface area contributed by atoms with Gasteiger partial charge in [-0.3, -0.25) is 19.2 Å². The number of hydrogen-bond donors (Lipinski definition) is 0. The van der Waals surface area contributed by atoms with Gasteiger partial charge in [0.05, 0.1) is 16.2 Å². The zero-order valence-electron chi connectivity index (χ0n) is 35.6. The lowest BCUT2D eigenvalue weighted by molar-refractivity contribution is -0.118. The number of methoxy groups -OCH3 is 1. The van der Waals surface area contributed by atoms with Gasteiger partial charge in [0, 0.05) is 71.8 Å². The summed E-state index contributed by atoms with van der Waals surface area (Å²) < 4.78 is 5.16. The lowest BCUT2D eigenvalue weighted by atomic mass is 9.92. The van der Waals surface area contributed by atoms with Crippen molar-refractivity contribution in [1.82, 2.24) is 9.80 Å². The van der Waals surface area contributed by atoms with Crippen LogP contribution in [0.4, 0.5) is 5.69 Å². The number of fused-ring (bicyclic) bond motifs is 2. The number of anilines is 1. The molecule has 308 valence electrons. The van der Waals surface area contributed by atoms with Crippen molar-refractivity contribution in [3.05, 3.63) is 52.1 Å².